The van der Waals surface area contributed by atoms with Crippen molar-refractivity contribution in [3.05, 3.63) is 39.1 Å². The minimum Gasteiger partial charge on any atom is -0.511 e. The number of rotatable bonds is 6. The summed E-state index contributed by atoms with van der Waals surface area (Å²) < 4.78 is 6.04. The number of benzene rings is 1. The predicted molar refractivity (Wildman–Crippen MR) is 92.0 cm³/mol. The van der Waals surface area contributed by atoms with Crippen LogP contribution in [0.1, 0.15) is 42.4 Å². The third-order valence-corrected chi connectivity index (χ3v) is 4.71. The second-order valence-corrected chi connectivity index (χ2v) is 6.90. The van der Waals surface area contributed by atoms with Crippen molar-refractivity contribution in [2.24, 2.45) is 5.92 Å². The first kappa shape index (κ1) is 17.2. The molecular weight excluding hydrogens is 344 g/mol. The first-order chi connectivity index (χ1) is 10.5. The van der Waals surface area contributed by atoms with Crippen LogP contribution in [0.5, 0.6) is 0 Å². The normalized spacial score (nSPS) is 18.4. The fraction of sp³-hybridized carbons (Fsp3) is 0.500. The van der Waals surface area contributed by atoms with Crippen molar-refractivity contribution < 1.29 is 14.6 Å². The average Bonchev–Trinajstić information content (AvgIpc) is 2.70. The molecule has 1 aliphatic rings. The van der Waals surface area contributed by atoms with Gasteiger partial charge < -0.3 is 9.84 Å². The van der Waals surface area contributed by atoms with Gasteiger partial charge >= 0.3 is 0 Å². The number of carbonyl (C=O) groups is 1. The van der Waals surface area contributed by atoms with Crippen molar-refractivity contribution in [3.63, 3.8) is 0 Å². The van der Waals surface area contributed by atoms with Crippen LogP contribution in [-0.2, 0) is 9.53 Å². The van der Waals surface area contributed by atoms with E-state index < -0.39 is 0 Å². The van der Waals surface area contributed by atoms with Crippen LogP contribution in [0.4, 0.5) is 0 Å². The molecule has 0 saturated carbocycles. The van der Waals surface area contributed by atoms with Gasteiger partial charge in [0.15, 0.2) is 5.78 Å². The van der Waals surface area contributed by atoms with Crippen molar-refractivity contribution in [3.8, 4) is 0 Å². The molecule has 0 amide bonds. The number of unbranched alkanes of at least 4 members (excludes halogenated alkanes) is 1. The SMILES string of the molecule is COCCCCC1CC(=O)C(c2c(C)cc(Br)cc2C)=C1O. The third-order valence-electron chi connectivity index (χ3n) is 4.25. The molecule has 1 unspecified atom stereocenters. The standard InChI is InChI=1S/C18H23BrO3/c1-11-8-14(19)9-12(2)16(11)17-15(20)10-13(18(17)21)6-4-5-7-22-3/h8-9,13,21H,4-7,10H2,1-3H3. The van der Waals surface area contributed by atoms with E-state index in [4.69, 9.17) is 4.74 Å². The molecule has 0 bridgehead atoms. The van der Waals surface area contributed by atoms with Gasteiger partial charge in [-0.1, -0.05) is 22.4 Å². The van der Waals surface area contributed by atoms with Crippen LogP contribution >= 0.6 is 15.9 Å². The summed E-state index contributed by atoms with van der Waals surface area (Å²) in [6.07, 6.45) is 3.17. The number of hydrogen-bond acceptors (Lipinski definition) is 3. The lowest BCUT2D eigenvalue weighted by Crippen LogP contribution is -2.01. The zero-order valence-corrected chi connectivity index (χ0v) is 15.0. The van der Waals surface area contributed by atoms with E-state index in [0.29, 0.717) is 12.0 Å². The highest BCUT2D eigenvalue weighted by Crippen LogP contribution is 2.39. The van der Waals surface area contributed by atoms with Gasteiger partial charge in [0.25, 0.3) is 0 Å². The molecule has 1 aromatic rings. The maximum absolute atomic E-state index is 12.4. The number of aliphatic hydroxyl groups is 1. The Bertz CT molecular complexity index is 581. The van der Waals surface area contributed by atoms with Gasteiger partial charge in [-0.3, -0.25) is 4.79 Å². The van der Waals surface area contributed by atoms with Gasteiger partial charge in [0.05, 0.1) is 5.57 Å². The summed E-state index contributed by atoms with van der Waals surface area (Å²) in [6.45, 7) is 4.68. The molecule has 0 heterocycles. The highest BCUT2D eigenvalue weighted by Gasteiger charge is 2.34. The molecule has 0 spiro atoms. The summed E-state index contributed by atoms with van der Waals surface area (Å²) in [6, 6.07) is 3.98. The van der Waals surface area contributed by atoms with Gasteiger partial charge in [-0.05, 0) is 55.5 Å². The van der Waals surface area contributed by atoms with Gasteiger partial charge in [-0.2, -0.15) is 0 Å². The topological polar surface area (TPSA) is 46.5 Å². The van der Waals surface area contributed by atoms with Crippen LogP contribution in [-0.4, -0.2) is 24.6 Å². The lowest BCUT2D eigenvalue weighted by molar-refractivity contribution is -0.113. The summed E-state index contributed by atoms with van der Waals surface area (Å²) in [7, 11) is 1.69. The van der Waals surface area contributed by atoms with Crippen LogP contribution in [0.15, 0.2) is 22.4 Å². The minimum absolute atomic E-state index is 0.0400. The Balaban J connectivity index is 2.26. The van der Waals surface area contributed by atoms with E-state index in [1.807, 2.05) is 26.0 Å². The van der Waals surface area contributed by atoms with Crippen LogP contribution in [0.2, 0.25) is 0 Å². The third kappa shape index (κ3) is 3.61. The number of halogens is 1. The van der Waals surface area contributed by atoms with Crippen molar-refractivity contribution in [1.82, 2.24) is 0 Å². The molecule has 120 valence electrons. The Morgan fingerprint density at radius 3 is 2.50 bits per heavy atom. The first-order valence-electron chi connectivity index (χ1n) is 7.68. The molecular formula is C18H23BrO3. The van der Waals surface area contributed by atoms with E-state index >= 15 is 0 Å². The molecule has 3 nitrogen and oxygen atoms in total. The Labute approximate surface area is 140 Å². The van der Waals surface area contributed by atoms with Crippen molar-refractivity contribution in [2.75, 3.05) is 13.7 Å². The van der Waals surface area contributed by atoms with Crippen molar-refractivity contribution in [2.45, 2.75) is 39.5 Å². The Kier molecular flexibility index (Phi) is 5.81. The summed E-state index contributed by atoms with van der Waals surface area (Å²) in [5.41, 5.74) is 3.45. The summed E-state index contributed by atoms with van der Waals surface area (Å²) in [5, 5.41) is 10.6. The largest absolute Gasteiger partial charge is 0.511 e. The molecule has 0 saturated heterocycles. The van der Waals surface area contributed by atoms with Gasteiger partial charge in [0, 0.05) is 30.5 Å². The quantitative estimate of drug-likeness (QED) is 0.739. The maximum Gasteiger partial charge on any atom is 0.167 e. The van der Waals surface area contributed by atoms with E-state index in [-0.39, 0.29) is 17.5 Å². The molecule has 1 aromatic carbocycles. The predicted octanol–water partition coefficient (Wildman–Crippen LogP) is 4.74. The van der Waals surface area contributed by atoms with Crippen LogP contribution in [0.3, 0.4) is 0 Å². The number of Topliss-reactive ketones (excluding diaryl/α,β-unsaturated/α-hetero) is 1. The molecule has 4 heteroatoms. The zero-order chi connectivity index (χ0) is 16.3. The zero-order valence-electron chi connectivity index (χ0n) is 13.4. The molecule has 2 rings (SSSR count). The molecule has 0 aromatic heterocycles. The van der Waals surface area contributed by atoms with Crippen molar-refractivity contribution >= 4 is 27.3 Å². The number of carbonyl (C=O) groups excluding carboxylic acids is 1. The minimum atomic E-state index is -0.0400. The summed E-state index contributed by atoms with van der Waals surface area (Å²) in [5.74, 6) is 0.292. The van der Waals surface area contributed by atoms with Gasteiger partial charge in [-0.15, -0.1) is 0 Å². The first-order valence-corrected chi connectivity index (χ1v) is 8.47. The second-order valence-electron chi connectivity index (χ2n) is 5.99. The van der Waals surface area contributed by atoms with Crippen LogP contribution in [0.25, 0.3) is 5.57 Å². The van der Waals surface area contributed by atoms with Gasteiger partial charge in [-0.25, -0.2) is 0 Å². The highest BCUT2D eigenvalue weighted by molar-refractivity contribution is 9.10. The fourth-order valence-electron chi connectivity index (χ4n) is 3.22. The molecule has 0 radical (unpaired) electrons. The van der Waals surface area contributed by atoms with E-state index in [9.17, 15) is 9.90 Å². The van der Waals surface area contributed by atoms with E-state index in [1.54, 1.807) is 7.11 Å². The van der Waals surface area contributed by atoms with Crippen LogP contribution in [0, 0.1) is 19.8 Å². The number of aliphatic hydroxyl groups excluding tert-OH is 1. The molecule has 1 atom stereocenters. The summed E-state index contributed by atoms with van der Waals surface area (Å²) in [4.78, 5) is 12.4. The van der Waals surface area contributed by atoms with E-state index in [2.05, 4.69) is 15.9 Å². The number of hydrogen-bond donors (Lipinski definition) is 1. The second kappa shape index (κ2) is 7.42. The molecule has 0 fully saturated rings. The Morgan fingerprint density at radius 2 is 1.91 bits per heavy atom. The monoisotopic (exact) mass is 366 g/mol. The van der Waals surface area contributed by atoms with Gasteiger partial charge in [0.2, 0.25) is 0 Å². The lowest BCUT2D eigenvalue weighted by atomic mass is 9.94. The number of aryl methyl sites for hydroxylation is 2. The van der Waals surface area contributed by atoms with Crippen LogP contribution < -0.4 is 0 Å². The number of ketones is 1. The number of methoxy groups -OCH3 is 1. The van der Waals surface area contributed by atoms with Crippen molar-refractivity contribution in [1.29, 1.82) is 0 Å². The maximum atomic E-state index is 12.4. The van der Waals surface area contributed by atoms with E-state index in [0.717, 1.165) is 47.0 Å². The average molecular weight is 367 g/mol. The molecule has 1 aliphatic carbocycles. The summed E-state index contributed by atoms with van der Waals surface area (Å²) >= 11 is 3.47. The highest BCUT2D eigenvalue weighted by atomic mass is 79.9. The van der Waals surface area contributed by atoms with Gasteiger partial charge in [0.1, 0.15) is 5.76 Å². The number of ether oxygens (including phenoxy) is 1. The Hall–Kier alpha value is -1.13. The van der Waals surface area contributed by atoms with E-state index in [1.165, 1.54) is 0 Å². The lowest BCUT2D eigenvalue weighted by Gasteiger charge is -2.12. The molecule has 0 aliphatic heterocycles. The Morgan fingerprint density at radius 1 is 1.27 bits per heavy atom. The number of allylic oxidation sites excluding steroid dienone is 2. The smallest absolute Gasteiger partial charge is 0.167 e. The molecule has 22 heavy (non-hydrogen) atoms. The molecule has 1 N–H and O–H groups in total. The fourth-order valence-corrected chi connectivity index (χ4v) is 3.90.